The zero-order valence-electron chi connectivity index (χ0n) is 14.8. The Morgan fingerprint density at radius 3 is 2.39 bits per heavy atom. The molecule has 0 spiro atoms. The van der Waals surface area contributed by atoms with Gasteiger partial charge in [-0.1, -0.05) is 23.7 Å². The van der Waals surface area contributed by atoms with E-state index in [0.29, 0.717) is 38.7 Å². The van der Waals surface area contributed by atoms with E-state index in [1.807, 2.05) is 24.3 Å². The summed E-state index contributed by atoms with van der Waals surface area (Å²) in [5.41, 5.74) is 2.23. The lowest BCUT2D eigenvalue weighted by Crippen LogP contribution is -2.25. The van der Waals surface area contributed by atoms with Gasteiger partial charge < -0.3 is 10.1 Å². The molecule has 6 heteroatoms. The van der Waals surface area contributed by atoms with Crippen LogP contribution < -0.4 is 10.1 Å². The van der Waals surface area contributed by atoms with Gasteiger partial charge in [0.2, 0.25) is 0 Å². The van der Waals surface area contributed by atoms with Gasteiger partial charge in [-0.15, -0.1) is 0 Å². The van der Waals surface area contributed by atoms with Gasteiger partial charge in [-0.25, -0.2) is 0 Å². The molecule has 0 fully saturated rings. The fraction of sp³-hybridized carbons (Fsp3) is 0.0909. The third-order valence-electron chi connectivity index (χ3n) is 4.05. The molecular formula is C22H17BrClNO3. The van der Waals surface area contributed by atoms with Crippen molar-refractivity contribution in [3.63, 3.8) is 0 Å². The van der Waals surface area contributed by atoms with Crippen molar-refractivity contribution in [2.24, 2.45) is 0 Å². The van der Waals surface area contributed by atoms with Crippen LogP contribution in [0.5, 0.6) is 11.5 Å². The Balaban J connectivity index is 1.55. The third kappa shape index (κ3) is 5.44. The molecule has 0 radical (unpaired) electrons. The molecule has 0 aliphatic heterocycles. The molecule has 28 heavy (non-hydrogen) atoms. The van der Waals surface area contributed by atoms with Crippen LogP contribution in [0, 0.1) is 0 Å². The smallest absolute Gasteiger partial charge is 0.251 e. The lowest BCUT2D eigenvalue weighted by molar-refractivity contribution is 0.0954. The second-order valence-electron chi connectivity index (χ2n) is 6.07. The number of nitrogens with one attached hydrogen (secondary N) is 1. The molecule has 0 heterocycles. The van der Waals surface area contributed by atoms with Crippen LogP contribution in [0.15, 0.2) is 71.2 Å². The summed E-state index contributed by atoms with van der Waals surface area (Å²) in [7, 11) is 0. The van der Waals surface area contributed by atoms with Crippen LogP contribution in [0.25, 0.3) is 0 Å². The van der Waals surface area contributed by atoms with Crippen molar-refractivity contribution in [2.45, 2.75) is 6.42 Å². The lowest BCUT2D eigenvalue weighted by Gasteiger charge is -2.09. The predicted molar refractivity (Wildman–Crippen MR) is 114 cm³/mol. The largest absolute Gasteiger partial charge is 0.456 e. The number of rotatable bonds is 7. The molecule has 0 aliphatic rings. The first-order valence-electron chi connectivity index (χ1n) is 8.60. The van der Waals surface area contributed by atoms with Gasteiger partial charge in [-0.3, -0.25) is 9.59 Å². The summed E-state index contributed by atoms with van der Waals surface area (Å²) in [6, 6.07) is 19.5. The molecule has 3 aromatic carbocycles. The molecule has 0 saturated heterocycles. The Kier molecular flexibility index (Phi) is 6.85. The number of carbonyl (C=O) groups is 2. The maximum atomic E-state index is 12.3. The third-order valence-corrected chi connectivity index (χ3v) is 4.92. The van der Waals surface area contributed by atoms with E-state index in [1.165, 1.54) is 0 Å². The summed E-state index contributed by atoms with van der Waals surface area (Å²) in [4.78, 5) is 23.1. The standard InChI is InChI=1S/C22H17BrClNO3/c23-20-13-16(14-26)3-10-21(20)28-19-8-4-17(5-9-19)22(27)25-12-11-15-1-6-18(24)7-2-15/h1-10,13-14H,11-12H2,(H,25,27). The fourth-order valence-electron chi connectivity index (χ4n) is 2.55. The molecule has 0 bridgehead atoms. The van der Waals surface area contributed by atoms with Crippen molar-refractivity contribution in [2.75, 3.05) is 6.54 Å². The van der Waals surface area contributed by atoms with Crippen molar-refractivity contribution in [3.8, 4) is 11.5 Å². The minimum absolute atomic E-state index is 0.142. The van der Waals surface area contributed by atoms with E-state index in [-0.39, 0.29) is 5.91 Å². The van der Waals surface area contributed by atoms with E-state index in [1.54, 1.807) is 42.5 Å². The normalized spacial score (nSPS) is 10.4. The summed E-state index contributed by atoms with van der Waals surface area (Å²) in [5.74, 6) is 1.04. The van der Waals surface area contributed by atoms with Gasteiger partial charge in [-0.2, -0.15) is 0 Å². The van der Waals surface area contributed by atoms with Crippen molar-refractivity contribution in [3.05, 3.63) is 92.9 Å². The van der Waals surface area contributed by atoms with Crippen LogP contribution in [0.3, 0.4) is 0 Å². The predicted octanol–water partition coefficient (Wildman–Crippen LogP) is 5.68. The molecule has 0 saturated carbocycles. The second kappa shape index (κ2) is 9.53. The number of amides is 1. The van der Waals surface area contributed by atoms with E-state index in [0.717, 1.165) is 18.3 Å². The first-order chi connectivity index (χ1) is 13.5. The zero-order chi connectivity index (χ0) is 19.9. The monoisotopic (exact) mass is 457 g/mol. The highest BCUT2D eigenvalue weighted by Crippen LogP contribution is 2.30. The maximum absolute atomic E-state index is 12.3. The Bertz CT molecular complexity index is 972. The van der Waals surface area contributed by atoms with Crippen LogP contribution in [-0.4, -0.2) is 18.7 Å². The van der Waals surface area contributed by atoms with E-state index < -0.39 is 0 Å². The van der Waals surface area contributed by atoms with Gasteiger partial charge in [-0.05, 0) is 82.5 Å². The molecule has 0 aliphatic carbocycles. The molecular weight excluding hydrogens is 442 g/mol. The van der Waals surface area contributed by atoms with E-state index >= 15 is 0 Å². The van der Waals surface area contributed by atoms with Gasteiger partial charge in [0.05, 0.1) is 4.47 Å². The summed E-state index contributed by atoms with van der Waals surface area (Å²) in [5, 5.41) is 3.60. The Morgan fingerprint density at radius 1 is 1.04 bits per heavy atom. The highest BCUT2D eigenvalue weighted by Gasteiger charge is 2.07. The van der Waals surface area contributed by atoms with E-state index in [2.05, 4.69) is 21.2 Å². The minimum Gasteiger partial charge on any atom is -0.456 e. The lowest BCUT2D eigenvalue weighted by atomic mass is 10.1. The summed E-state index contributed by atoms with van der Waals surface area (Å²) >= 11 is 9.25. The number of aldehydes is 1. The highest BCUT2D eigenvalue weighted by molar-refractivity contribution is 9.10. The number of carbonyl (C=O) groups excluding carboxylic acids is 2. The summed E-state index contributed by atoms with van der Waals surface area (Å²) < 4.78 is 6.47. The molecule has 3 aromatic rings. The highest BCUT2D eigenvalue weighted by atomic mass is 79.9. The first kappa shape index (κ1) is 20.1. The van der Waals surface area contributed by atoms with Crippen molar-refractivity contribution in [1.29, 1.82) is 0 Å². The molecule has 4 nitrogen and oxygen atoms in total. The number of hydrogen-bond acceptors (Lipinski definition) is 3. The summed E-state index contributed by atoms with van der Waals surface area (Å²) in [6.07, 6.45) is 1.50. The molecule has 0 atom stereocenters. The second-order valence-corrected chi connectivity index (χ2v) is 7.36. The van der Waals surface area contributed by atoms with Crippen LogP contribution in [0.2, 0.25) is 5.02 Å². The van der Waals surface area contributed by atoms with Gasteiger partial charge in [0.25, 0.3) is 5.91 Å². The zero-order valence-corrected chi connectivity index (χ0v) is 17.2. The Labute approximate surface area is 176 Å². The molecule has 0 aromatic heterocycles. The van der Waals surface area contributed by atoms with Gasteiger partial charge in [0, 0.05) is 22.7 Å². The van der Waals surface area contributed by atoms with Crippen molar-refractivity contribution in [1.82, 2.24) is 5.32 Å². The molecule has 3 rings (SSSR count). The van der Waals surface area contributed by atoms with Crippen LogP contribution in [-0.2, 0) is 6.42 Å². The van der Waals surface area contributed by atoms with Crippen molar-refractivity contribution >= 4 is 39.7 Å². The minimum atomic E-state index is -0.142. The fourth-order valence-corrected chi connectivity index (χ4v) is 3.15. The van der Waals surface area contributed by atoms with Crippen LogP contribution in [0.4, 0.5) is 0 Å². The average Bonchev–Trinajstić information content (AvgIpc) is 2.71. The molecule has 1 N–H and O–H groups in total. The van der Waals surface area contributed by atoms with E-state index in [4.69, 9.17) is 16.3 Å². The van der Waals surface area contributed by atoms with Gasteiger partial charge in [0.1, 0.15) is 17.8 Å². The number of halogens is 2. The van der Waals surface area contributed by atoms with Gasteiger partial charge in [0.15, 0.2) is 0 Å². The van der Waals surface area contributed by atoms with E-state index in [9.17, 15) is 9.59 Å². The first-order valence-corrected chi connectivity index (χ1v) is 9.77. The van der Waals surface area contributed by atoms with Crippen LogP contribution in [0.1, 0.15) is 26.3 Å². The number of benzene rings is 3. The average molecular weight is 459 g/mol. The number of hydrogen-bond donors (Lipinski definition) is 1. The molecule has 1 amide bonds. The van der Waals surface area contributed by atoms with Crippen molar-refractivity contribution < 1.29 is 14.3 Å². The topological polar surface area (TPSA) is 55.4 Å². The number of ether oxygens (including phenoxy) is 1. The molecule has 0 unspecified atom stereocenters. The van der Waals surface area contributed by atoms with Crippen LogP contribution >= 0.6 is 27.5 Å². The van der Waals surface area contributed by atoms with Gasteiger partial charge >= 0.3 is 0 Å². The molecule has 142 valence electrons. The summed E-state index contributed by atoms with van der Waals surface area (Å²) in [6.45, 7) is 0.536. The maximum Gasteiger partial charge on any atom is 0.251 e. The SMILES string of the molecule is O=Cc1ccc(Oc2ccc(C(=O)NCCc3ccc(Cl)cc3)cc2)c(Br)c1. The Hall–Kier alpha value is -2.63. The Morgan fingerprint density at radius 2 is 1.75 bits per heavy atom. The quantitative estimate of drug-likeness (QED) is 0.463.